The first-order chi connectivity index (χ1) is 15.6. The van der Waals surface area contributed by atoms with E-state index in [9.17, 15) is 9.90 Å². The van der Waals surface area contributed by atoms with Crippen LogP contribution in [0.4, 0.5) is 17.6 Å². The summed E-state index contributed by atoms with van der Waals surface area (Å²) in [5.74, 6) is -5.86. The molecule has 0 aromatic heterocycles. The second-order valence-electron chi connectivity index (χ2n) is 11.8. The molecule has 1 amide bonds. The monoisotopic (exact) mass is 486 g/mol. The highest BCUT2D eigenvalue weighted by Crippen LogP contribution is 2.55. The number of carbonyl (C=O) groups excluding carboxylic acids is 1. The normalized spacial score (nSPS) is 24.3. The molecule has 3 rings (SSSR count). The summed E-state index contributed by atoms with van der Waals surface area (Å²) in [6.45, 7) is 6.95. The third-order valence-corrected chi connectivity index (χ3v) is 7.13. The molecule has 2 aliphatic rings. The Hall–Kier alpha value is -1.67. The highest BCUT2D eigenvalue weighted by atomic mass is 19.3. The molecule has 34 heavy (non-hydrogen) atoms. The lowest BCUT2D eigenvalue weighted by molar-refractivity contribution is -0.234. The summed E-state index contributed by atoms with van der Waals surface area (Å²) < 4.78 is 61.2. The predicted molar refractivity (Wildman–Crippen MR) is 124 cm³/mol. The van der Waals surface area contributed by atoms with Crippen molar-refractivity contribution in [3.63, 3.8) is 0 Å². The minimum absolute atomic E-state index is 0.0108. The van der Waals surface area contributed by atoms with E-state index >= 15 is 17.6 Å². The fourth-order valence-corrected chi connectivity index (χ4v) is 6.36. The van der Waals surface area contributed by atoms with Gasteiger partial charge in [-0.1, -0.05) is 58.0 Å². The number of aryl methyl sites for hydroxylation is 1. The molecule has 1 saturated carbocycles. The molecule has 4 nitrogen and oxygen atoms in total. The molecule has 1 aliphatic carbocycles. The third-order valence-electron chi connectivity index (χ3n) is 7.13. The Morgan fingerprint density at radius 3 is 2.24 bits per heavy atom. The van der Waals surface area contributed by atoms with Crippen LogP contribution in [0, 0.1) is 10.8 Å². The van der Waals surface area contributed by atoms with E-state index in [2.05, 4.69) is 5.32 Å². The van der Waals surface area contributed by atoms with E-state index in [0.717, 1.165) is 5.56 Å². The smallest absolute Gasteiger partial charge is 0.352 e. The maximum atomic E-state index is 15.6. The number of nitrogens with zero attached hydrogens (tertiary/aromatic N) is 1. The summed E-state index contributed by atoms with van der Waals surface area (Å²) in [7, 11) is 0. The Kier molecular flexibility index (Phi) is 7.46. The lowest BCUT2D eigenvalue weighted by atomic mass is 9.58. The minimum atomic E-state index is -4.16. The topological polar surface area (TPSA) is 52.6 Å². The number of halogens is 4. The Balaban J connectivity index is 1.69. The van der Waals surface area contributed by atoms with Gasteiger partial charge < -0.3 is 10.0 Å². The molecule has 1 heterocycles. The molecule has 1 atom stereocenters. The Bertz CT molecular complexity index is 842. The van der Waals surface area contributed by atoms with Gasteiger partial charge in [-0.2, -0.15) is 17.6 Å². The molecule has 0 bridgehead atoms. The minimum Gasteiger partial charge on any atom is -0.383 e. The fraction of sp³-hybridized carbons (Fsp3) is 0.731. The van der Waals surface area contributed by atoms with Gasteiger partial charge in [0.15, 0.2) is 0 Å². The number of alkyl halides is 4. The standard InChI is InChI=1S/C26H38F4N2O2/c1-22(2)16-23(3,4)18-24(34,17-22)25(27,28)21(33)32-15-9-13-20(32)26(29,30)31-14-8-12-19-10-6-5-7-11-19/h5-7,10-11,20,31,34H,8-9,12-18H2,1-4H3/t20-/m0/s1. The molecule has 1 aromatic rings. The highest BCUT2D eigenvalue weighted by molar-refractivity contribution is 5.85. The first-order valence-corrected chi connectivity index (χ1v) is 12.2. The quantitative estimate of drug-likeness (QED) is 0.294. The fourth-order valence-electron chi connectivity index (χ4n) is 6.36. The summed E-state index contributed by atoms with van der Waals surface area (Å²) in [4.78, 5) is 13.6. The van der Waals surface area contributed by atoms with Crippen LogP contribution in [0.25, 0.3) is 0 Å². The maximum absolute atomic E-state index is 15.6. The van der Waals surface area contributed by atoms with Crippen LogP contribution in [-0.4, -0.2) is 52.6 Å². The van der Waals surface area contributed by atoms with Gasteiger partial charge in [0.1, 0.15) is 11.6 Å². The summed E-state index contributed by atoms with van der Waals surface area (Å²) in [6, 6.07) is 4.28. The lowest BCUT2D eigenvalue weighted by Crippen LogP contribution is -2.65. The largest absolute Gasteiger partial charge is 0.383 e. The molecule has 2 fully saturated rings. The molecule has 8 heteroatoms. The molecular weight excluding hydrogens is 448 g/mol. The number of aliphatic hydroxyl groups is 1. The average molecular weight is 487 g/mol. The van der Waals surface area contributed by atoms with Crippen molar-refractivity contribution in [3.05, 3.63) is 35.9 Å². The van der Waals surface area contributed by atoms with E-state index < -0.39 is 40.3 Å². The van der Waals surface area contributed by atoms with Gasteiger partial charge in [-0.15, -0.1) is 0 Å². The van der Waals surface area contributed by atoms with E-state index in [0.29, 0.717) is 24.2 Å². The summed E-state index contributed by atoms with van der Waals surface area (Å²) in [6.07, 6.45) is 1.26. The van der Waals surface area contributed by atoms with Gasteiger partial charge in [0.25, 0.3) is 5.91 Å². The van der Waals surface area contributed by atoms with Crippen molar-refractivity contribution in [2.45, 2.75) is 96.3 Å². The first kappa shape index (κ1) is 26.9. The second-order valence-corrected chi connectivity index (χ2v) is 11.8. The van der Waals surface area contributed by atoms with Crippen molar-refractivity contribution in [3.8, 4) is 0 Å². The predicted octanol–water partition coefficient (Wildman–Crippen LogP) is 5.40. The second kappa shape index (κ2) is 9.41. The van der Waals surface area contributed by atoms with Gasteiger partial charge in [0, 0.05) is 13.1 Å². The zero-order valence-corrected chi connectivity index (χ0v) is 20.6. The molecule has 1 saturated heterocycles. The van der Waals surface area contributed by atoms with Crippen LogP contribution in [0.2, 0.25) is 0 Å². The number of hydrogen-bond donors (Lipinski definition) is 2. The van der Waals surface area contributed by atoms with Crippen molar-refractivity contribution < 1.29 is 27.5 Å². The molecule has 2 N–H and O–H groups in total. The van der Waals surface area contributed by atoms with Crippen molar-refractivity contribution >= 4 is 5.91 Å². The number of amides is 1. The van der Waals surface area contributed by atoms with Crippen LogP contribution in [0.15, 0.2) is 30.3 Å². The van der Waals surface area contributed by atoms with E-state index in [1.165, 1.54) is 0 Å². The Morgan fingerprint density at radius 2 is 1.65 bits per heavy atom. The molecule has 0 spiro atoms. The highest BCUT2D eigenvalue weighted by Gasteiger charge is 2.66. The van der Waals surface area contributed by atoms with Crippen molar-refractivity contribution in [1.29, 1.82) is 0 Å². The Labute approximate surface area is 200 Å². The van der Waals surface area contributed by atoms with Crippen LogP contribution in [0.3, 0.4) is 0 Å². The molecule has 0 radical (unpaired) electrons. The van der Waals surface area contributed by atoms with E-state index in [1.807, 2.05) is 30.3 Å². The van der Waals surface area contributed by atoms with Gasteiger partial charge in [0.2, 0.25) is 0 Å². The van der Waals surface area contributed by atoms with Gasteiger partial charge in [0.05, 0.1) is 0 Å². The number of benzene rings is 1. The van der Waals surface area contributed by atoms with Crippen LogP contribution in [-0.2, 0) is 11.2 Å². The van der Waals surface area contributed by atoms with Crippen LogP contribution in [0.1, 0.15) is 71.8 Å². The van der Waals surface area contributed by atoms with E-state index in [-0.39, 0.29) is 38.8 Å². The maximum Gasteiger partial charge on any atom is 0.352 e. The molecule has 1 aliphatic heterocycles. The van der Waals surface area contributed by atoms with Crippen molar-refractivity contribution in [1.82, 2.24) is 10.2 Å². The zero-order valence-electron chi connectivity index (χ0n) is 20.6. The van der Waals surface area contributed by atoms with Crippen LogP contribution < -0.4 is 5.32 Å². The lowest BCUT2D eigenvalue weighted by Gasteiger charge is -2.52. The average Bonchev–Trinajstić information content (AvgIpc) is 3.19. The van der Waals surface area contributed by atoms with Gasteiger partial charge in [-0.25, -0.2) is 0 Å². The number of rotatable bonds is 8. The first-order valence-electron chi connectivity index (χ1n) is 12.2. The van der Waals surface area contributed by atoms with E-state index in [4.69, 9.17) is 0 Å². The molecular formula is C26H38F4N2O2. The van der Waals surface area contributed by atoms with Gasteiger partial charge in [-0.05, 0) is 61.3 Å². The molecule has 0 unspecified atom stereocenters. The number of carbonyl (C=O) groups is 1. The molecule has 1 aromatic carbocycles. The summed E-state index contributed by atoms with van der Waals surface area (Å²) in [5, 5.41) is 13.3. The number of likely N-dealkylation sites (tertiary alicyclic amines) is 1. The summed E-state index contributed by atoms with van der Waals surface area (Å²) >= 11 is 0. The van der Waals surface area contributed by atoms with Gasteiger partial charge in [-0.3, -0.25) is 10.1 Å². The molecule has 192 valence electrons. The van der Waals surface area contributed by atoms with Crippen LogP contribution >= 0.6 is 0 Å². The SMILES string of the molecule is CC1(C)CC(C)(C)CC(O)(C(F)(F)C(=O)N2CCC[C@H]2C(F)(F)NCCCc2ccccc2)C1. The van der Waals surface area contributed by atoms with Crippen LogP contribution in [0.5, 0.6) is 0 Å². The zero-order chi connectivity index (χ0) is 25.4. The van der Waals surface area contributed by atoms with Gasteiger partial charge >= 0.3 is 12.0 Å². The third kappa shape index (κ3) is 5.76. The Morgan fingerprint density at radius 1 is 1.06 bits per heavy atom. The number of hydrogen-bond acceptors (Lipinski definition) is 3. The number of nitrogens with one attached hydrogen (secondary N) is 1. The van der Waals surface area contributed by atoms with Crippen molar-refractivity contribution in [2.24, 2.45) is 10.8 Å². The summed E-state index contributed by atoms with van der Waals surface area (Å²) in [5.41, 5.74) is -2.79. The van der Waals surface area contributed by atoms with E-state index in [1.54, 1.807) is 27.7 Å². The van der Waals surface area contributed by atoms with Crippen molar-refractivity contribution in [2.75, 3.05) is 13.1 Å².